The fourth-order valence-corrected chi connectivity index (χ4v) is 6.41. The molecule has 1 aromatic heterocycles. The molecule has 302 valence electrons. The van der Waals surface area contributed by atoms with Gasteiger partial charge in [0.15, 0.2) is 0 Å². The molecular formula is C61H49N2+. The van der Waals surface area contributed by atoms with E-state index in [0.29, 0.717) is 0 Å². The molecule has 0 aliphatic carbocycles. The molecule has 0 atom stereocenters. The smallest absolute Gasteiger partial charge is 0.244 e. The van der Waals surface area contributed by atoms with E-state index in [4.69, 9.17) is 6.42 Å². The molecule has 1 aliphatic heterocycles. The van der Waals surface area contributed by atoms with Gasteiger partial charge >= 0.3 is 0 Å². The number of rotatable bonds is 17. The molecule has 2 aromatic carbocycles. The maximum Gasteiger partial charge on any atom is 0.244 e. The molecule has 0 radical (unpaired) electrons. The second kappa shape index (κ2) is 31.4. The number of para-hydroxylation sites is 2. The Hall–Kier alpha value is -8.49. The van der Waals surface area contributed by atoms with E-state index in [0.717, 1.165) is 23.1 Å². The van der Waals surface area contributed by atoms with Gasteiger partial charge in [-0.1, -0.05) is 144 Å². The molecule has 4 rings (SSSR count). The number of anilines is 1. The number of allylic oxidation sites excluding steroid dienone is 7. The van der Waals surface area contributed by atoms with E-state index in [2.05, 4.69) is 203 Å². The van der Waals surface area contributed by atoms with Crippen molar-refractivity contribution in [1.82, 2.24) is 0 Å². The van der Waals surface area contributed by atoms with Crippen molar-refractivity contribution in [3.63, 3.8) is 0 Å². The molecular weight excluding hydrogens is 761 g/mol. The summed E-state index contributed by atoms with van der Waals surface area (Å²) in [6.07, 6.45) is 40.2. The van der Waals surface area contributed by atoms with E-state index in [1.807, 2.05) is 53.1 Å². The van der Waals surface area contributed by atoms with Crippen LogP contribution in [0.2, 0.25) is 0 Å². The van der Waals surface area contributed by atoms with Crippen molar-refractivity contribution >= 4 is 28.7 Å². The van der Waals surface area contributed by atoms with Crippen LogP contribution in [-0.4, -0.2) is 6.54 Å². The number of unbranched alkanes of at least 4 members (excludes halogenated alkanes) is 11. The van der Waals surface area contributed by atoms with Gasteiger partial charge in [-0.3, -0.25) is 0 Å². The maximum atomic E-state index is 4.99. The van der Waals surface area contributed by atoms with Crippen molar-refractivity contribution in [2.45, 2.75) is 84.0 Å². The normalized spacial score (nSPS) is 10.9. The lowest BCUT2D eigenvalue weighted by molar-refractivity contribution is -0.556. The van der Waals surface area contributed by atoms with Gasteiger partial charge in [-0.15, -0.1) is 11.0 Å². The second-order valence-electron chi connectivity index (χ2n) is 13.9. The van der Waals surface area contributed by atoms with Crippen molar-refractivity contribution < 1.29 is 4.57 Å². The first kappa shape index (κ1) is 47.2. The zero-order valence-electron chi connectivity index (χ0n) is 36.1. The van der Waals surface area contributed by atoms with Gasteiger partial charge in [-0.2, -0.15) is 0 Å². The molecule has 2 heteroatoms. The number of terminal acetylenes is 1. The van der Waals surface area contributed by atoms with Crippen LogP contribution in [0, 0.1) is 131 Å². The fourth-order valence-electron chi connectivity index (χ4n) is 6.41. The topological polar surface area (TPSA) is 7.12 Å². The molecule has 0 spiro atoms. The summed E-state index contributed by atoms with van der Waals surface area (Å²) in [6.45, 7) is 3.30. The van der Waals surface area contributed by atoms with Crippen LogP contribution >= 0.6 is 0 Å². The molecule has 2 heterocycles. The number of hydrogen-bond acceptors (Lipinski definition) is 1. The Labute approximate surface area is 378 Å². The third-order valence-electron chi connectivity index (χ3n) is 9.42. The van der Waals surface area contributed by atoms with Gasteiger partial charge in [0.2, 0.25) is 17.3 Å². The number of aromatic nitrogens is 1. The van der Waals surface area contributed by atoms with Crippen LogP contribution in [0.4, 0.5) is 5.69 Å². The summed E-state index contributed by atoms with van der Waals surface area (Å²) < 4.78 is 1.93. The lowest BCUT2D eigenvalue weighted by Crippen LogP contribution is -2.32. The Kier molecular flexibility index (Phi) is 23.5. The number of benzene rings is 2. The molecule has 0 amide bonds. The summed E-state index contributed by atoms with van der Waals surface area (Å²) >= 11 is 0. The molecule has 0 saturated heterocycles. The van der Waals surface area contributed by atoms with Gasteiger partial charge in [-0.25, -0.2) is 0 Å². The highest BCUT2D eigenvalue weighted by atomic mass is 15.1. The molecule has 0 fully saturated rings. The van der Waals surface area contributed by atoms with E-state index >= 15 is 0 Å². The summed E-state index contributed by atoms with van der Waals surface area (Å²) in [4.78, 5) is 2.47. The third kappa shape index (κ3) is 19.4. The molecule has 2 nitrogen and oxygen atoms in total. The van der Waals surface area contributed by atoms with Crippen molar-refractivity contribution in [1.29, 1.82) is 0 Å². The highest BCUT2D eigenvalue weighted by molar-refractivity contribution is 5.77. The van der Waals surface area contributed by atoms with Crippen molar-refractivity contribution in [2.24, 2.45) is 0 Å². The van der Waals surface area contributed by atoms with Gasteiger partial charge in [0.25, 0.3) is 0 Å². The van der Waals surface area contributed by atoms with Gasteiger partial charge in [0.05, 0.1) is 5.92 Å². The minimum atomic E-state index is 0.923. The highest BCUT2D eigenvalue weighted by Crippen LogP contribution is 2.31. The largest absolute Gasteiger partial charge is 0.341 e. The van der Waals surface area contributed by atoms with Crippen LogP contribution < -0.4 is 9.47 Å². The number of nitrogens with zero attached hydrogens (tertiary/aromatic N) is 2. The highest BCUT2D eigenvalue weighted by Gasteiger charge is 2.16. The average molecular weight is 810 g/mol. The monoisotopic (exact) mass is 809 g/mol. The Morgan fingerprint density at radius 3 is 1.62 bits per heavy atom. The van der Waals surface area contributed by atoms with Crippen LogP contribution in [0.25, 0.3) is 23.1 Å². The Morgan fingerprint density at radius 2 is 1.00 bits per heavy atom. The van der Waals surface area contributed by atoms with Gasteiger partial charge in [-0.05, 0) is 89.7 Å². The minimum absolute atomic E-state index is 0.923. The predicted molar refractivity (Wildman–Crippen MR) is 265 cm³/mol. The lowest BCUT2D eigenvalue weighted by atomic mass is 10.0. The molecule has 1 aliphatic rings. The van der Waals surface area contributed by atoms with Crippen molar-refractivity contribution in [2.75, 3.05) is 11.4 Å². The molecule has 0 unspecified atom stereocenters. The summed E-state index contributed by atoms with van der Waals surface area (Å²) in [7, 11) is 0. The van der Waals surface area contributed by atoms with E-state index in [-0.39, 0.29) is 0 Å². The quantitative estimate of drug-likeness (QED) is 0.0570. The first-order valence-electron chi connectivity index (χ1n) is 21.5. The van der Waals surface area contributed by atoms with E-state index in [9.17, 15) is 0 Å². The first-order chi connectivity index (χ1) is 31.3. The summed E-state index contributed by atoms with van der Waals surface area (Å²) in [5.74, 6) is 51.3. The summed E-state index contributed by atoms with van der Waals surface area (Å²) in [6, 6.07) is 24.1. The zero-order chi connectivity index (χ0) is 44.1. The Bertz CT molecular complexity index is 2910. The fraction of sp³-hybridized carbons (Fsp3) is 0.230. The van der Waals surface area contributed by atoms with Crippen LogP contribution in [-0.2, 0) is 0 Å². The third-order valence-corrected chi connectivity index (χ3v) is 9.42. The summed E-state index contributed by atoms with van der Waals surface area (Å²) in [5.41, 5.74) is 5.67. The zero-order valence-corrected chi connectivity index (χ0v) is 36.1. The van der Waals surface area contributed by atoms with E-state index < -0.39 is 0 Å². The van der Waals surface area contributed by atoms with Gasteiger partial charge in [0, 0.05) is 107 Å². The Balaban J connectivity index is 1.31. The first-order valence-corrected chi connectivity index (χ1v) is 21.5. The molecule has 3 aromatic rings. The van der Waals surface area contributed by atoms with Crippen LogP contribution in [0.5, 0.6) is 0 Å². The lowest BCUT2D eigenvalue weighted by Gasteiger charge is -2.30. The van der Waals surface area contributed by atoms with Gasteiger partial charge in [0.1, 0.15) is 0 Å². The second-order valence-corrected chi connectivity index (χ2v) is 13.9. The molecule has 0 bridgehead atoms. The minimum Gasteiger partial charge on any atom is -0.341 e. The standard InChI is InChI=1S/C61H49N2/c1-3-5-7-9-11-13-15-17-18-19-20-21-22-23-24-26-28-30-35-43-55-63-59(53-51-57-45-39-41-49-61(57)63)47-37-33-31-32-36-46-58-52-50-56-44-38-40-48-60(56)62(58)54-42-34-29-27-25-16-14-12-10-8-6-4-2/h1,31-33,36-41,44-53H,4,6,8,10,12,14,16,25,27,29,34,42,54H2,2H3/q+1. The summed E-state index contributed by atoms with van der Waals surface area (Å²) in [5, 5.41) is 1.07. The molecule has 0 N–H and O–H groups in total. The van der Waals surface area contributed by atoms with Crippen molar-refractivity contribution in [3.8, 4) is 131 Å². The number of hydrogen-bond donors (Lipinski definition) is 0. The van der Waals surface area contributed by atoms with E-state index in [1.165, 1.54) is 94.0 Å². The average Bonchev–Trinajstić information content (AvgIpc) is 3.31. The van der Waals surface area contributed by atoms with Crippen LogP contribution in [0.1, 0.15) is 95.2 Å². The maximum absolute atomic E-state index is 4.99. The molecule has 0 saturated carbocycles. The Morgan fingerprint density at radius 1 is 0.492 bits per heavy atom. The number of fused-ring (bicyclic) bond motifs is 2. The van der Waals surface area contributed by atoms with Crippen molar-refractivity contribution in [3.05, 3.63) is 120 Å². The van der Waals surface area contributed by atoms with Gasteiger partial charge < -0.3 is 4.90 Å². The number of pyridine rings is 1. The SMILES string of the molecule is C#CC#CC#CC#CC#CC#CC#CC#CC#CC#CC#C[n+]1c(/C=C/C=C/C=C/C=C2\C=Cc3ccccc3N2CCCCCCCCCCCCCC)ccc2ccccc21. The molecule has 63 heavy (non-hydrogen) atoms. The van der Waals surface area contributed by atoms with Crippen LogP contribution in [0.3, 0.4) is 0 Å². The van der Waals surface area contributed by atoms with Crippen LogP contribution in [0.15, 0.2) is 109 Å². The predicted octanol–water partition coefficient (Wildman–Crippen LogP) is 10.8. The van der Waals surface area contributed by atoms with E-state index in [1.54, 1.807) is 0 Å².